The minimum atomic E-state index is -0.257. The van der Waals surface area contributed by atoms with Crippen molar-refractivity contribution in [2.75, 3.05) is 4.90 Å². The van der Waals surface area contributed by atoms with Crippen LogP contribution >= 0.6 is 0 Å². The van der Waals surface area contributed by atoms with E-state index in [1.54, 1.807) is 0 Å². The van der Waals surface area contributed by atoms with Gasteiger partial charge in [0, 0.05) is 50.8 Å². The van der Waals surface area contributed by atoms with Gasteiger partial charge in [0.15, 0.2) is 5.82 Å². The zero-order valence-corrected chi connectivity index (χ0v) is 38.8. The van der Waals surface area contributed by atoms with Gasteiger partial charge in [0.1, 0.15) is 0 Å². The molecule has 70 heavy (non-hydrogen) atoms. The van der Waals surface area contributed by atoms with E-state index in [1.165, 1.54) is 55.4 Å². The Balaban J connectivity index is 1.00. The molecule has 0 saturated carbocycles. The van der Waals surface area contributed by atoms with Crippen molar-refractivity contribution in [3.05, 3.63) is 242 Å². The van der Waals surface area contributed by atoms with Crippen LogP contribution in [0.15, 0.2) is 231 Å². The first-order chi connectivity index (χ1) is 34.5. The molecule has 0 fully saturated rings. The van der Waals surface area contributed by atoms with Crippen LogP contribution in [0.3, 0.4) is 0 Å². The molecule has 0 amide bonds. The molecule has 9 aromatic carbocycles. The average Bonchev–Trinajstić information content (AvgIpc) is 3.76. The molecule has 0 N–H and O–H groups in total. The topological polar surface area (TPSA) is 46.8 Å². The summed E-state index contributed by atoms with van der Waals surface area (Å²) < 4.78 is 2.24. The summed E-state index contributed by atoms with van der Waals surface area (Å²) in [7, 11) is 0. The van der Waals surface area contributed by atoms with Crippen LogP contribution in [0.2, 0.25) is 0 Å². The molecular formula is C64H44BN5. The van der Waals surface area contributed by atoms with Gasteiger partial charge in [0.25, 0.3) is 6.71 Å². The highest BCUT2D eigenvalue weighted by atomic mass is 15.2. The van der Waals surface area contributed by atoms with Crippen molar-refractivity contribution in [2.45, 2.75) is 19.3 Å². The second-order valence-electron chi connectivity index (χ2n) is 19.2. The highest BCUT2D eigenvalue weighted by molar-refractivity contribution is 6.98. The second-order valence-corrected chi connectivity index (χ2v) is 19.2. The molecule has 0 unspecified atom stereocenters. The van der Waals surface area contributed by atoms with Crippen LogP contribution in [0.1, 0.15) is 25.0 Å². The minimum absolute atomic E-state index is 0.152. The monoisotopic (exact) mass is 893 g/mol. The summed E-state index contributed by atoms with van der Waals surface area (Å²) in [4.78, 5) is 18.5. The van der Waals surface area contributed by atoms with Crippen LogP contribution in [-0.2, 0) is 5.41 Å². The SMILES string of the molecule is CC1(C)c2ccccc2N(c2cccc(-c3cc4c5c(c(-c6ccccc6)cnc5c3)-c3ccc(-c5ccccc5)cc3B4c3cnc(-n4c5ccccc5c5ccccc54)cn3)c2)c2ccccc21. The summed E-state index contributed by atoms with van der Waals surface area (Å²) in [6, 6.07) is 76.9. The summed E-state index contributed by atoms with van der Waals surface area (Å²) in [5.41, 5.74) is 21.5. The fourth-order valence-electron chi connectivity index (χ4n) is 11.7. The largest absolute Gasteiger partial charge is 0.310 e. The van der Waals surface area contributed by atoms with E-state index in [1.807, 2.05) is 12.4 Å². The van der Waals surface area contributed by atoms with E-state index < -0.39 is 0 Å². The van der Waals surface area contributed by atoms with E-state index in [4.69, 9.17) is 15.0 Å². The van der Waals surface area contributed by atoms with Crippen LogP contribution in [0.4, 0.5) is 17.1 Å². The third-order valence-electron chi connectivity index (χ3n) is 15.0. The van der Waals surface area contributed by atoms with Crippen LogP contribution in [0.25, 0.3) is 83.0 Å². The Kier molecular flexibility index (Phi) is 8.96. The van der Waals surface area contributed by atoms with Crippen molar-refractivity contribution in [2.24, 2.45) is 0 Å². The first-order valence-electron chi connectivity index (χ1n) is 24.1. The molecule has 0 radical (unpaired) electrons. The highest BCUT2D eigenvalue weighted by Crippen LogP contribution is 2.52. The molecule has 3 aromatic heterocycles. The van der Waals surface area contributed by atoms with Gasteiger partial charge < -0.3 is 4.90 Å². The Morgan fingerprint density at radius 3 is 1.71 bits per heavy atom. The Morgan fingerprint density at radius 1 is 0.429 bits per heavy atom. The minimum Gasteiger partial charge on any atom is -0.310 e. The maximum Gasteiger partial charge on any atom is 0.268 e. The fourth-order valence-corrected chi connectivity index (χ4v) is 11.7. The normalized spacial score (nSPS) is 13.3. The van der Waals surface area contributed by atoms with E-state index in [9.17, 15) is 0 Å². The molecule has 0 aliphatic carbocycles. The van der Waals surface area contributed by atoms with Crippen LogP contribution in [0, 0.1) is 0 Å². The number of benzene rings is 9. The van der Waals surface area contributed by atoms with Crippen molar-refractivity contribution < 1.29 is 0 Å². The van der Waals surface area contributed by atoms with Gasteiger partial charge >= 0.3 is 0 Å². The van der Waals surface area contributed by atoms with Crippen LogP contribution in [-0.4, -0.2) is 26.2 Å². The van der Waals surface area contributed by atoms with E-state index in [2.05, 4.69) is 242 Å². The average molecular weight is 894 g/mol. The number of fused-ring (bicyclic) bond motifs is 7. The quantitative estimate of drug-likeness (QED) is 0.156. The Hall–Kier alpha value is -8.87. The number of anilines is 3. The lowest BCUT2D eigenvalue weighted by Crippen LogP contribution is -2.56. The lowest BCUT2D eigenvalue weighted by molar-refractivity contribution is 0.632. The lowest BCUT2D eigenvalue weighted by Gasteiger charge is -2.42. The predicted molar refractivity (Wildman–Crippen MR) is 291 cm³/mol. The van der Waals surface area contributed by atoms with Crippen molar-refractivity contribution in [3.8, 4) is 50.3 Å². The van der Waals surface area contributed by atoms with E-state index in [0.29, 0.717) is 0 Å². The van der Waals surface area contributed by atoms with Gasteiger partial charge in [-0.15, -0.1) is 0 Å². The maximum absolute atomic E-state index is 5.44. The third-order valence-corrected chi connectivity index (χ3v) is 15.0. The zero-order chi connectivity index (χ0) is 46.5. The van der Waals surface area contributed by atoms with Gasteiger partial charge in [-0.3, -0.25) is 14.5 Å². The van der Waals surface area contributed by atoms with Gasteiger partial charge in [0.2, 0.25) is 0 Å². The molecule has 0 atom stereocenters. The van der Waals surface area contributed by atoms with Crippen LogP contribution < -0.4 is 21.4 Å². The number of hydrogen-bond acceptors (Lipinski definition) is 4. The van der Waals surface area contributed by atoms with Crippen molar-refractivity contribution >= 4 is 73.0 Å². The Labute approximate surface area is 407 Å². The number of para-hydroxylation sites is 4. The summed E-state index contributed by atoms with van der Waals surface area (Å²) >= 11 is 0. The molecule has 2 aliphatic heterocycles. The number of hydrogen-bond donors (Lipinski definition) is 0. The molecule has 14 rings (SSSR count). The predicted octanol–water partition coefficient (Wildman–Crippen LogP) is 13.7. The van der Waals surface area contributed by atoms with Crippen molar-refractivity contribution in [1.29, 1.82) is 0 Å². The standard InChI is InChI=1S/C64H44BN5/c1-64(2)51-26-11-15-30-58(51)69(59-31-16-12-27-52(59)64)46-23-17-22-43(34-46)45-36-54-63-55(37-45)66-38-50(42-20-7-4-8-21-42)62(63)49-33-32-44(41-18-5-3-6-19-41)35-53(49)65(54)60-39-68-61(40-67-60)70-56-28-13-9-24-47(56)48-25-10-14-29-57(48)70/h3-40H,1-2H3. The first kappa shape index (κ1) is 40.2. The van der Waals surface area contributed by atoms with Gasteiger partial charge in [-0.1, -0.05) is 195 Å². The molecule has 12 aromatic rings. The Bertz CT molecular complexity index is 3940. The van der Waals surface area contributed by atoms with Gasteiger partial charge in [-0.25, -0.2) is 4.98 Å². The molecule has 0 bridgehead atoms. The summed E-state index contributed by atoms with van der Waals surface area (Å²) in [6.45, 7) is 4.42. The molecule has 0 spiro atoms. The smallest absolute Gasteiger partial charge is 0.268 e. The molecule has 6 heteroatoms. The molecule has 328 valence electrons. The maximum atomic E-state index is 5.44. The third kappa shape index (κ3) is 6.09. The fraction of sp³-hybridized carbons (Fsp3) is 0.0469. The molecule has 5 nitrogen and oxygen atoms in total. The van der Waals surface area contributed by atoms with Gasteiger partial charge in [-0.05, 0) is 92.5 Å². The molecular weight excluding hydrogens is 850 g/mol. The summed E-state index contributed by atoms with van der Waals surface area (Å²) in [5, 5.41) is 3.52. The van der Waals surface area contributed by atoms with E-state index in [0.717, 1.165) is 72.3 Å². The number of pyridine rings is 1. The zero-order valence-electron chi connectivity index (χ0n) is 38.8. The van der Waals surface area contributed by atoms with Crippen molar-refractivity contribution in [3.63, 3.8) is 0 Å². The molecule has 0 saturated heterocycles. The summed E-state index contributed by atoms with van der Waals surface area (Å²) in [6.07, 6.45) is 6.05. The lowest BCUT2D eigenvalue weighted by atomic mass is 9.35. The number of nitrogens with zero attached hydrogens (tertiary/aromatic N) is 5. The van der Waals surface area contributed by atoms with Crippen molar-refractivity contribution in [1.82, 2.24) is 19.5 Å². The van der Waals surface area contributed by atoms with Gasteiger partial charge in [0.05, 0.1) is 34.1 Å². The highest BCUT2D eigenvalue weighted by Gasteiger charge is 2.38. The number of rotatable bonds is 6. The second kappa shape index (κ2) is 15.6. The number of aromatic nitrogens is 4. The van der Waals surface area contributed by atoms with E-state index in [-0.39, 0.29) is 12.1 Å². The van der Waals surface area contributed by atoms with Gasteiger partial charge in [-0.2, -0.15) is 0 Å². The Morgan fingerprint density at radius 2 is 1.03 bits per heavy atom. The molecule has 5 heterocycles. The first-order valence-corrected chi connectivity index (χ1v) is 24.1. The molecule has 2 aliphatic rings. The van der Waals surface area contributed by atoms with E-state index >= 15 is 0 Å². The summed E-state index contributed by atoms with van der Waals surface area (Å²) in [5.74, 6) is 0.781. The van der Waals surface area contributed by atoms with Crippen LogP contribution in [0.5, 0.6) is 0 Å².